The van der Waals surface area contributed by atoms with Crippen LogP contribution in [0.4, 0.5) is 0 Å². The second-order valence-electron chi connectivity index (χ2n) is 4.68. The fraction of sp³-hybridized carbons (Fsp3) is 0.571. The van der Waals surface area contributed by atoms with Crippen LogP contribution in [0, 0.1) is 5.92 Å². The predicted molar refractivity (Wildman–Crippen MR) is 76.3 cm³/mol. The lowest BCUT2D eigenvalue weighted by atomic mass is 10.2. The molecule has 2 nitrogen and oxygen atoms in total. The Labute approximate surface area is 109 Å². The molecule has 0 aromatic heterocycles. The third kappa shape index (κ3) is 6.71. The minimum atomic E-state index is 0.214. The molecule has 17 heavy (non-hydrogen) atoms. The van der Waals surface area contributed by atoms with Gasteiger partial charge in [-0.2, -0.15) is 11.8 Å². The van der Waals surface area contributed by atoms with E-state index in [-0.39, 0.29) is 12.6 Å². The smallest absolute Gasteiger partial charge is 0.0592 e. The van der Waals surface area contributed by atoms with Gasteiger partial charge in [0.2, 0.25) is 0 Å². The van der Waals surface area contributed by atoms with E-state index >= 15 is 0 Å². The van der Waals surface area contributed by atoms with Crippen molar-refractivity contribution >= 4 is 11.8 Å². The molecule has 0 bridgehead atoms. The molecule has 0 saturated carbocycles. The summed E-state index contributed by atoms with van der Waals surface area (Å²) in [7, 11) is 0. The topological polar surface area (TPSA) is 32.3 Å². The molecule has 0 spiro atoms. The highest BCUT2D eigenvalue weighted by atomic mass is 32.2. The Kier molecular flexibility index (Phi) is 7.33. The van der Waals surface area contributed by atoms with Crippen molar-refractivity contribution in [2.45, 2.75) is 25.6 Å². The Bertz CT molecular complexity index is 290. The van der Waals surface area contributed by atoms with Gasteiger partial charge in [0, 0.05) is 17.5 Å². The first-order chi connectivity index (χ1) is 8.22. The van der Waals surface area contributed by atoms with Crippen molar-refractivity contribution in [2.75, 3.05) is 18.9 Å². The highest BCUT2D eigenvalue weighted by molar-refractivity contribution is 7.98. The molecule has 0 aliphatic carbocycles. The van der Waals surface area contributed by atoms with Crippen molar-refractivity contribution < 1.29 is 5.11 Å². The predicted octanol–water partition coefficient (Wildman–Crippen LogP) is 2.53. The van der Waals surface area contributed by atoms with Crippen LogP contribution >= 0.6 is 11.8 Å². The van der Waals surface area contributed by atoms with E-state index in [0.29, 0.717) is 5.92 Å². The van der Waals surface area contributed by atoms with Crippen LogP contribution in [0.15, 0.2) is 30.3 Å². The van der Waals surface area contributed by atoms with Gasteiger partial charge in [0.15, 0.2) is 0 Å². The summed E-state index contributed by atoms with van der Waals surface area (Å²) >= 11 is 1.87. The van der Waals surface area contributed by atoms with E-state index in [1.165, 1.54) is 5.56 Å². The Morgan fingerprint density at radius 3 is 2.53 bits per heavy atom. The molecular formula is C14H23NOS. The Balaban J connectivity index is 2.19. The van der Waals surface area contributed by atoms with E-state index in [1.54, 1.807) is 0 Å². The number of aliphatic hydroxyl groups is 1. The second kappa shape index (κ2) is 8.56. The summed E-state index contributed by atoms with van der Waals surface area (Å²) in [6, 6.07) is 10.7. The van der Waals surface area contributed by atoms with Crippen LogP contribution < -0.4 is 5.32 Å². The summed E-state index contributed by atoms with van der Waals surface area (Å²) in [4.78, 5) is 0. The molecule has 0 heterocycles. The number of rotatable bonds is 8. The van der Waals surface area contributed by atoms with Crippen molar-refractivity contribution in [3.05, 3.63) is 35.9 Å². The van der Waals surface area contributed by atoms with Gasteiger partial charge in [-0.15, -0.1) is 0 Å². The van der Waals surface area contributed by atoms with Crippen LogP contribution in [0.25, 0.3) is 0 Å². The fourth-order valence-corrected chi connectivity index (χ4v) is 2.53. The lowest BCUT2D eigenvalue weighted by Crippen LogP contribution is -2.37. The molecule has 96 valence electrons. The van der Waals surface area contributed by atoms with Gasteiger partial charge in [0.25, 0.3) is 0 Å². The van der Waals surface area contributed by atoms with Gasteiger partial charge in [0.05, 0.1) is 6.61 Å². The molecule has 3 heteroatoms. The van der Waals surface area contributed by atoms with E-state index in [1.807, 2.05) is 17.8 Å². The third-order valence-corrected chi connectivity index (χ3v) is 3.64. The molecule has 0 radical (unpaired) electrons. The summed E-state index contributed by atoms with van der Waals surface area (Å²) in [6.45, 7) is 5.54. The standard InChI is InChI=1S/C14H23NOS/c1-12(2)8-15-14(9-16)11-17-10-13-6-4-3-5-7-13/h3-7,12,14-16H,8-11H2,1-2H3/t14-/m0/s1. The second-order valence-corrected chi connectivity index (χ2v) is 5.71. The van der Waals surface area contributed by atoms with Crippen LogP contribution in [0.1, 0.15) is 19.4 Å². The third-order valence-electron chi connectivity index (χ3n) is 2.47. The molecule has 1 aromatic rings. The maximum Gasteiger partial charge on any atom is 0.0592 e. The van der Waals surface area contributed by atoms with Crippen LogP contribution in [-0.4, -0.2) is 30.1 Å². The summed E-state index contributed by atoms with van der Waals surface area (Å²) < 4.78 is 0. The molecule has 0 unspecified atom stereocenters. The molecule has 1 atom stereocenters. The highest BCUT2D eigenvalue weighted by Crippen LogP contribution is 2.12. The Morgan fingerprint density at radius 2 is 1.94 bits per heavy atom. The summed E-state index contributed by atoms with van der Waals surface area (Å²) in [6.07, 6.45) is 0. The SMILES string of the molecule is CC(C)CN[C@@H](CO)CSCc1ccccc1. The Morgan fingerprint density at radius 1 is 1.24 bits per heavy atom. The molecule has 0 amide bonds. The lowest BCUT2D eigenvalue weighted by molar-refractivity contribution is 0.250. The van der Waals surface area contributed by atoms with E-state index in [4.69, 9.17) is 0 Å². The summed E-state index contributed by atoms with van der Waals surface area (Å²) in [5, 5.41) is 12.6. The highest BCUT2D eigenvalue weighted by Gasteiger charge is 2.07. The number of hydrogen-bond donors (Lipinski definition) is 2. The maximum atomic E-state index is 9.26. The minimum Gasteiger partial charge on any atom is -0.395 e. The monoisotopic (exact) mass is 253 g/mol. The molecule has 0 saturated heterocycles. The Hall–Kier alpha value is -0.510. The first-order valence-corrected chi connectivity index (χ1v) is 7.33. The lowest BCUT2D eigenvalue weighted by Gasteiger charge is -2.17. The number of hydrogen-bond acceptors (Lipinski definition) is 3. The molecule has 2 N–H and O–H groups in total. The van der Waals surface area contributed by atoms with Gasteiger partial charge in [-0.05, 0) is 18.0 Å². The average Bonchev–Trinajstić information content (AvgIpc) is 2.34. The zero-order valence-electron chi connectivity index (χ0n) is 10.7. The molecule has 0 fully saturated rings. The van der Waals surface area contributed by atoms with E-state index in [0.717, 1.165) is 18.1 Å². The van der Waals surface area contributed by atoms with Gasteiger partial charge in [-0.25, -0.2) is 0 Å². The molecular weight excluding hydrogens is 230 g/mol. The molecule has 0 aliphatic heterocycles. The first kappa shape index (κ1) is 14.6. The molecule has 1 aromatic carbocycles. The quantitative estimate of drug-likeness (QED) is 0.747. The van der Waals surface area contributed by atoms with Crippen molar-refractivity contribution in [1.82, 2.24) is 5.32 Å². The van der Waals surface area contributed by atoms with E-state index < -0.39 is 0 Å². The van der Waals surface area contributed by atoms with Crippen LogP contribution in [0.3, 0.4) is 0 Å². The van der Waals surface area contributed by atoms with Gasteiger partial charge in [0.1, 0.15) is 0 Å². The normalized spacial score (nSPS) is 12.9. The van der Waals surface area contributed by atoms with Crippen molar-refractivity contribution in [3.8, 4) is 0 Å². The minimum absolute atomic E-state index is 0.214. The number of benzene rings is 1. The zero-order valence-corrected chi connectivity index (χ0v) is 11.5. The van der Waals surface area contributed by atoms with Crippen molar-refractivity contribution in [3.63, 3.8) is 0 Å². The number of thioether (sulfide) groups is 1. The largest absolute Gasteiger partial charge is 0.395 e. The van der Waals surface area contributed by atoms with Gasteiger partial charge < -0.3 is 10.4 Å². The summed E-state index contributed by atoms with van der Waals surface area (Å²) in [5.74, 6) is 2.60. The maximum absolute atomic E-state index is 9.26. The first-order valence-electron chi connectivity index (χ1n) is 6.18. The summed E-state index contributed by atoms with van der Waals surface area (Å²) in [5.41, 5.74) is 1.35. The number of nitrogens with one attached hydrogen (secondary N) is 1. The molecule has 1 rings (SSSR count). The zero-order chi connectivity index (χ0) is 12.5. The number of aliphatic hydroxyl groups excluding tert-OH is 1. The van der Waals surface area contributed by atoms with E-state index in [9.17, 15) is 5.11 Å². The van der Waals surface area contributed by atoms with Crippen LogP contribution in [0.5, 0.6) is 0 Å². The van der Waals surface area contributed by atoms with Crippen LogP contribution in [-0.2, 0) is 5.75 Å². The van der Waals surface area contributed by atoms with Crippen LogP contribution in [0.2, 0.25) is 0 Å². The van der Waals surface area contributed by atoms with Gasteiger partial charge >= 0.3 is 0 Å². The van der Waals surface area contributed by atoms with Gasteiger partial charge in [-0.1, -0.05) is 44.2 Å². The van der Waals surface area contributed by atoms with Crippen molar-refractivity contribution in [1.29, 1.82) is 0 Å². The van der Waals surface area contributed by atoms with Crippen molar-refractivity contribution in [2.24, 2.45) is 5.92 Å². The van der Waals surface area contributed by atoms with E-state index in [2.05, 4.69) is 43.4 Å². The fourth-order valence-electron chi connectivity index (χ4n) is 1.47. The van der Waals surface area contributed by atoms with Gasteiger partial charge in [-0.3, -0.25) is 0 Å². The molecule has 0 aliphatic rings. The average molecular weight is 253 g/mol.